The molecule has 1 aliphatic heterocycles. The molecule has 4 heteroatoms. The monoisotopic (exact) mass is 411 g/mol. The van der Waals surface area contributed by atoms with Crippen LogP contribution in [-0.4, -0.2) is 39.8 Å². The Balaban J connectivity index is 1.27. The lowest BCUT2D eigenvalue weighted by molar-refractivity contribution is -0.151. The molecule has 0 aromatic carbocycles. The smallest absolute Gasteiger partial charge is 0.303 e. The third-order valence-corrected chi connectivity index (χ3v) is 10.5. The van der Waals surface area contributed by atoms with E-state index in [1.54, 1.807) is 11.3 Å². The molecule has 3 saturated carbocycles. The van der Waals surface area contributed by atoms with E-state index in [1.807, 2.05) is 0 Å². The van der Waals surface area contributed by atoms with E-state index in [2.05, 4.69) is 24.0 Å². The van der Waals surface area contributed by atoms with Gasteiger partial charge in [-0.15, -0.1) is 0 Å². The molecule has 0 spiro atoms. The number of hydrogen-bond donors (Lipinski definition) is 2. The van der Waals surface area contributed by atoms with Crippen molar-refractivity contribution in [3.05, 3.63) is 23.4 Å². The minimum absolute atomic E-state index is 0.0895. The van der Waals surface area contributed by atoms with Crippen molar-refractivity contribution in [3.8, 4) is 0 Å². The van der Waals surface area contributed by atoms with Crippen molar-refractivity contribution in [1.82, 2.24) is 4.90 Å². The molecule has 4 fully saturated rings. The lowest BCUT2D eigenvalue weighted by Crippen LogP contribution is -2.55. The Morgan fingerprint density at radius 3 is 2.77 bits per heavy atom. The zero-order valence-electron chi connectivity index (χ0n) is 18.4. The molecule has 30 heavy (non-hydrogen) atoms. The first-order valence-electron chi connectivity index (χ1n) is 12.5. The van der Waals surface area contributed by atoms with E-state index < -0.39 is 11.6 Å². The van der Waals surface area contributed by atoms with Gasteiger partial charge in [-0.05, 0) is 110 Å². The predicted molar refractivity (Wildman–Crippen MR) is 116 cm³/mol. The maximum atomic E-state index is 11.8. The van der Waals surface area contributed by atoms with Crippen molar-refractivity contribution in [2.24, 2.45) is 40.9 Å². The highest BCUT2D eigenvalue weighted by Gasteiger charge is 2.75. The van der Waals surface area contributed by atoms with Crippen LogP contribution in [0.2, 0.25) is 0 Å². The summed E-state index contributed by atoms with van der Waals surface area (Å²) in [5.74, 6) is 2.97. The van der Waals surface area contributed by atoms with Gasteiger partial charge in [-0.2, -0.15) is 0 Å². The standard InChI is InChI=1S/C26H37NO3/c1-25-10-8-19-18-7-5-17(27-12-2-3-13-27)14-16(18)4-6-20(19)24(25)21-15-22(21)26(25,30)11-9-23(28)29/h4,14,18-22,24,30H,2-3,5-13,15H2,1H3,(H,28,29)/t18-,19+,20+,21-,22+,24+,25-,26-/m0/s1. The fourth-order valence-corrected chi connectivity index (χ4v) is 9.09. The first-order valence-corrected chi connectivity index (χ1v) is 12.5. The van der Waals surface area contributed by atoms with Gasteiger partial charge in [0.15, 0.2) is 0 Å². The van der Waals surface area contributed by atoms with Crippen LogP contribution in [0.1, 0.15) is 71.1 Å². The van der Waals surface area contributed by atoms with Gasteiger partial charge in [-0.25, -0.2) is 0 Å². The van der Waals surface area contributed by atoms with Crippen molar-refractivity contribution < 1.29 is 15.0 Å². The lowest BCUT2D eigenvalue weighted by Gasteiger charge is -2.56. The van der Waals surface area contributed by atoms with E-state index in [-0.39, 0.29) is 11.8 Å². The second-order valence-corrected chi connectivity index (χ2v) is 11.5. The van der Waals surface area contributed by atoms with Gasteiger partial charge in [0.05, 0.1) is 5.60 Å². The number of carboxylic acids is 1. The van der Waals surface area contributed by atoms with E-state index in [0.29, 0.717) is 36.0 Å². The Hall–Kier alpha value is -1.29. The fraction of sp³-hybridized carbons (Fsp3) is 0.808. The summed E-state index contributed by atoms with van der Waals surface area (Å²) in [5.41, 5.74) is 2.35. The molecule has 2 N–H and O–H groups in total. The Morgan fingerprint density at radius 1 is 1.20 bits per heavy atom. The second kappa shape index (κ2) is 6.60. The van der Waals surface area contributed by atoms with Crippen molar-refractivity contribution >= 4 is 5.97 Å². The largest absolute Gasteiger partial charge is 0.481 e. The Bertz CT molecular complexity index is 811. The SMILES string of the molecule is C[C@]12CC[C@H]3[C@@H](CC=C4C=C(N5CCCC5)CC[C@@H]43)[C@@H]1[C@H]1C[C@H]1[C@@]2(O)CCC(=O)O. The minimum atomic E-state index is -0.769. The van der Waals surface area contributed by atoms with Gasteiger partial charge >= 0.3 is 5.97 Å². The first-order chi connectivity index (χ1) is 14.4. The molecule has 0 aromatic heterocycles. The maximum Gasteiger partial charge on any atom is 0.303 e. The van der Waals surface area contributed by atoms with Gasteiger partial charge < -0.3 is 15.1 Å². The molecule has 5 aliphatic carbocycles. The highest BCUT2D eigenvalue weighted by Crippen LogP contribution is 2.76. The van der Waals surface area contributed by atoms with Crippen LogP contribution in [0.4, 0.5) is 0 Å². The van der Waals surface area contributed by atoms with Gasteiger partial charge in [0.1, 0.15) is 0 Å². The highest BCUT2D eigenvalue weighted by molar-refractivity contribution is 5.66. The number of rotatable bonds is 4. The van der Waals surface area contributed by atoms with E-state index in [9.17, 15) is 15.0 Å². The van der Waals surface area contributed by atoms with E-state index >= 15 is 0 Å². The highest BCUT2D eigenvalue weighted by atomic mass is 16.4. The van der Waals surface area contributed by atoms with Crippen molar-refractivity contribution in [2.75, 3.05) is 13.1 Å². The molecule has 1 heterocycles. The number of carboxylic acid groups (broad SMARTS) is 1. The van der Waals surface area contributed by atoms with Crippen LogP contribution in [0.5, 0.6) is 0 Å². The molecule has 0 aromatic rings. The molecule has 0 radical (unpaired) electrons. The molecular weight excluding hydrogens is 374 g/mol. The summed E-state index contributed by atoms with van der Waals surface area (Å²) < 4.78 is 0. The van der Waals surface area contributed by atoms with Crippen molar-refractivity contribution in [3.63, 3.8) is 0 Å². The summed E-state index contributed by atoms with van der Waals surface area (Å²) >= 11 is 0. The average molecular weight is 412 g/mol. The molecule has 164 valence electrons. The van der Waals surface area contributed by atoms with Gasteiger partial charge in [-0.1, -0.05) is 13.0 Å². The van der Waals surface area contributed by atoms with Gasteiger partial charge in [0, 0.05) is 25.2 Å². The summed E-state index contributed by atoms with van der Waals surface area (Å²) in [4.78, 5) is 13.9. The molecule has 0 bridgehead atoms. The predicted octanol–water partition coefficient (Wildman–Crippen LogP) is 4.60. The number of allylic oxidation sites excluding steroid dienone is 4. The lowest BCUT2D eigenvalue weighted by atomic mass is 9.49. The zero-order chi connectivity index (χ0) is 20.7. The number of nitrogens with zero attached hydrogens (tertiary/aromatic N) is 1. The number of fused-ring (bicyclic) bond motifs is 7. The Labute approximate surface area is 180 Å². The van der Waals surface area contributed by atoms with E-state index in [1.165, 1.54) is 51.6 Å². The molecule has 6 aliphatic rings. The summed E-state index contributed by atoms with van der Waals surface area (Å²) in [5, 5.41) is 21.0. The summed E-state index contributed by atoms with van der Waals surface area (Å²) in [6, 6.07) is 0. The number of aliphatic hydroxyl groups is 1. The summed E-state index contributed by atoms with van der Waals surface area (Å²) in [6.07, 6.45) is 15.5. The van der Waals surface area contributed by atoms with Gasteiger partial charge in [0.25, 0.3) is 0 Å². The normalized spacial score (nSPS) is 48.8. The summed E-state index contributed by atoms with van der Waals surface area (Å²) in [6.45, 7) is 4.80. The molecule has 0 unspecified atom stereocenters. The molecule has 6 rings (SSSR count). The maximum absolute atomic E-state index is 11.8. The van der Waals surface area contributed by atoms with Crippen molar-refractivity contribution in [1.29, 1.82) is 0 Å². The zero-order valence-corrected chi connectivity index (χ0v) is 18.4. The quantitative estimate of drug-likeness (QED) is 0.710. The molecule has 0 amide bonds. The van der Waals surface area contributed by atoms with Crippen LogP contribution in [0.15, 0.2) is 23.4 Å². The van der Waals surface area contributed by atoms with Crippen LogP contribution >= 0.6 is 0 Å². The fourth-order valence-electron chi connectivity index (χ4n) is 9.09. The van der Waals surface area contributed by atoms with E-state index in [4.69, 9.17) is 0 Å². The summed E-state index contributed by atoms with van der Waals surface area (Å²) in [7, 11) is 0. The van der Waals surface area contributed by atoms with Crippen LogP contribution in [0.25, 0.3) is 0 Å². The van der Waals surface area contributed by atoms with Crippen molar-refractivity contribution in [2.45, 2.75) is 76.7 Å². The Morgan fingerprint density at radius 2 is 2.00 bits per heavy atom. The third kappa shape index (κ3) is 2.58. The minimum Gasteiger partial charge on any atom is -0.481 e. The van der Waals surface area contributed by atoms with Crippen LogP contribution in [-0.2, 0) is 4.79 Å². The Kier molecular flexibility index (Phi) is 4.27. The van der Waals surface area contributed by atoms with Crippen LogP contribution in [0, 0.1) is 40.9 Å². The molecule has 4 nitrogen and oxygen atoms in total. The van der Waals surface area contributed by atoms with E-state index in [0.717, 1.165) is 18.8 Å². The number of likely N-dealkylation sites (tertiary alicyclic amines) is 1. The number of carbonyl (C=O) groups is 1. The van der Waals surface area contributed by atoms with Crippen LogP contribution in [0.3, 0.4) is 0 Å². The molecule has 8 atom stereocenters. The molecular formula is C26H37NO3. The number of hydrogen-bond acceptors (Lipinski definition) is 3. The third-order valence-electron chi connectivity index (χ3n) is 10.5. The molecule has 1 saturated heterocycles. The average Bonchev–Trinajstić information content (AvgIpc) is 3.26. The van der Waals surface area contributed by atoms with Gasteiger partial charge in [0.2, 0.25) is 0 Å². The topological polar surface area (TPSA) is 60.8 Å². The first kappa shape index (κ1) is 19.4. The number of aliphatic carboxylic acids is 1. The van der Waals surface area contributed by atoms with Gasteiger partial charge in [-0.3, -0.25) is 4.79 Å². The van der Waals surface area contributed by atoms with Crippen LogP contribution < -0.4 is 0 Å². The second-order valence-electron chi connectivity index (χ2n) is 11.5.